The van der Waals surface area contributed by atoms with E-state index < -0.39 is 0 Å². The van der Waals surface area contributed by atoms with Crippen molar-refractivity contribution in [2.75, 3.05) is 6.26 Å². The highest BCUT2D eigenvalue weighted by Crippen LogP contribution is 2.27. The van der Waals surface area contributed by atoms with Gasteiger partial charge in [-0.05, 0) is 29.5 Å². The van der Waals surface area contributed by atoms with E-state index in [1.807, 2.05) is 36.6 Å². The Labute approximate surface area is 126 Å². The van der Waals surface area contributed by atoms with Crippen molar-refractivity contribution in [1.29, 1.82) is 0 Å². The van der Waals surface area contributed by atoms with E-state index in [0.717, 1.165) is 15.6 Å². The molecule has 4 heteroatoms. The number of nitrogens with zero attached hydrogens (tertiary/aromatic N) is 1. The van der Waals surface area contributed by atoms with Crippen molar-refractivity contribution in [1.82, 2.24) is 0 Å². The summed E-state index contributed by atoms with van der Waals surface area (Å²) in [6, 6.07) is 18.3. The number of nitrogens with two attached hydrogens (primary N) is 1. The van der Waals surface area contributed by atoms with Crippen LogP contribution in [-0.4, -0.2) is 11.4 Å². The third-order valence-electron chi connectivity index (χ3n) is 2.77. The molecular formula is C15H15BrN2S. The SMILES string of the molecule is CSC(N)=N[C@@H](c1ccccc1)c1ccc(Br)cc1. The van der Waals surface area contributed by atoms with Gasteiger partial charge in [-0.15, -0.1) is 0 Å². The second kappa shape index (κ2) is 6.78. The Morgan fingerprint density at radius 1 is 1.05 bits per heavy atom. The maximum Gasteiger partial charge on any atom is 0.154 e. The summed E-state index contributed by atoms with van der Waals surface area (Å²) in [5.41, 5.74) is 8.15. The van der Waals surface area contributed by atoms with E-state index in [1.165, 1.54) is 11.8 Å². The van der Waals surface area contributed by atoms with Gasteiger partial charge in [0.1, 0.15) is 6.04 Å². The molecule has 0 aliphatic carbocycles. The number of benzene rings is 2. The zero-order valence-electron chi connectivity index (χ0n) is 10.6. The van der Waals surface area contributed by atoms with Crippen molar-refractivity contribution >= 4 is 32.9 Å². The summed E-state index contributed by atoms with van der Waals surface area (Å²) in [7, 11) is 0. The first-order valence-corrected chi connectivity index (χ1v) is 7.90. The van der Waals surface area contributed by atoms with Crippen LogP contribution in [0.1, 0.15) is 17.2 Å². The van der Waals surface area contributed by atoms with E-state index in [1.54, 1.807) is 0 Å². The van der Waals surface area contributed by atoms with Crippen LogP contribution in [0.2, 0.25) is 0 Å². The van der Waals surface area contributed by atoms with Gasteiger partial charge in [0.2, 0.25) is 0 Å². The zero-order chi connectivity index (χ0) is 13.7. The van der Waals surface area contributed by atoms with Crippen molar-refractivity contribution in [3.63, 3.8) is 0 Å². The predicted molar refractivity (Wildman–Crippen MR) is 87.6 cm³/mol. The highest BCUT2D eigenvalue weighted by atomic mass is 79.9. The molecule has 98 valence electrons. The lowest BCUT2D eigenvalue weighted by molar-refractivity contribution is 0.874. The molecule has 2 aromatic carbocycles. The molecule has 0 fully saturated rings. The fourth-order valence-electron chi connectivity index (χ4n) is 1.80. The first-order valence-electron chi connectivity index (χ1n) is 5.88. The van der Waals surface area contributed by atoms with Gasteiger partial charge in [0.25, 0.3) is 0 Å². The monoisotopic (exact) mass is 334 g/mol. The number of aliphatic imine (C=N–C) groups is 1. The Kier molecular flexibility index (Phi) is 5.05. The summed E-state index contributed by atoms with van der Waals surface area (Å²) in [4.78, 5) is 4.61. The second-order valence-corrected chi connectivity index (χ2v) is 5.78. The first kappa shape index (κ1) is 14.2. The van der Waals surface area contributed by atoms with E-state index in [2.05, 4.69) is 45.2 Å². The Morgan fingerprint density at radius 2 is 1.63 bits per heavy atom. The maximum absolute atomic E-state index is 5.88. The summed E-state index contributed by atoms with van der Waals surface area (Å²) >= 11 is 4.91. The van der Waals surface area contributed by atoms with Crippen molar-refractivity contribution in [3.05, 3.63) is 70.2 Å². The lowest BCUT2D eigenvalue weighted by Gasteiger charge is -2.14. The molecular weight excluding hydrogens is 320 g/mol. The van der Waals surface area contributed by atoms with Gasteiger partial charge in [0.05, 0.1) is 0 Å². The quantitative estimate of drug-likeness (QED) is 0.674. The molecule has 0 amide bonds. The topological polar surface area (TPSA) is 38.4 Å². The molecule has 0 aromatic heterocycles. The number of hydrogen-bond acceptors (Lipinski definition) is 2. The zero-order valence-corrected chi connectivity index (χ0v) is 13.0. The third kappa shape index (κ3) is 3.85. The molecule has 1 atom stereocenters. The molecule has 2 N–H and O–H groups in total. The standard InChI is InChI=1S/C15H15BrN2S/c1-19-15(17)18-14(11-5-3-2-4-6-11)12-7-9-13(16)10-8-12/h2-10,14H,1H3,(H2,17,18)/t14-/m0/s1. The normalized spacial score (nSPS) is 13.3. The predicted octanol–water partition coefficient (Wildman–Crippen LogP) is 4.22. The Bertz CT molecular complexity index is 552. The fourth-order valence-corrected chi connectivity index (χ4v) is 2.28. The smallest absolute Gasteiger partial charge is 0.154 e. The van der Waals surface area contributed by atoms with Crippen molar-refractivity contribution in [2.45, 2.75) is 6.04 Å². The highest BCUT2D eigenvalue weighted by molar-refractivity contribution is 9.10. The number of rotatable bonds is 3. The fraction of sp³-hybridized carbons (Fsp3) is 0.133. The van der Waals surface area contributed by atoms with Crippen molar-refractivity contribution in [3.8, 4) is 0 Å². The Balaban J connectivity index is 2.43. The van der Waals surface area contributed by atoms with Gasteiger partial charge < -0.3 is 5.73 Å². The molecule has 0 aliphatic heterocycles. The Hall–Kier alpha value is -1.26. The molecule has 19 heavy (non-hydrogen) atoms. The summed E-state index contributed by atoms with van der Waals surface area (Å²) in [5.74, 6) is 0. The average molecular weight is 335 g/mol. The maximum atomic E-state index is 5.88. The van der Waals surface area contributed by atoms with Gasteiger partial charge in [0.15, 0.2) is 5.17 Å². The van der Waals surface area contributed by atoms with Crippen LogP contribution < -0.4 is 5.73 Å². The number of halogens is 1. The minimum atomic E-state index is -0.0539. The minimum Gasteiger partial charge on any atom is -0.379 e. The van der Waals surface area contributed by atoms with Crippen LogP contribution in [-0.2, 0) is 0 Å². The van der Waals surface area contributed by atoms with Gasteiger partial charge in [-0.3, -0.25) is 0 Å². The second-order valence-electron chi connectivity index (χ2n) is 4.04. The molecule has 2 nitrogen and oxygen atoms in total. The molecule has 0 bridgehead atoms. The number of thioether (sulfide) groups is 1. The van der Waals surface area contributed by atoms with E-state index in [4.69, 9.17) is 5.73 Å². The number of hydrogen-bond donors (Lipinski definition) is 1. The summed E-state index contributed by atoms with van der Waals surface area (Å²) in [6.45, 7) is 0. The third-order valence-corrected chi connectivity index (χ3v) is 3.82. The molecule has 0 heterocycles. The molecule has 0 unspecified atom stereocenters. The van der Waals surface area contributed by atoms with Crippen LogP contribution >= 0.6 is 27.7 Å². The van der Waals surface area contributed by atoms with Gasteiger partial charge in [-0.1, -0.05) is 70.2 Å². The van der Waals surface area contributed by atoms with E-state index in [-0.39, 0.29) is 6.04 Å². The lowest BCUT2D eigenvalue weighted by Crippen LogP contribution is -2.09. The first-order chi connectivity index (χ1) is 9.20. The van der Waals surface area contributed by atoms with Gasteiger partial charge in [-0.25, -0.2) is 4.99 Å². The molecule has 0 saturated heterocycles. The minimum absolute atomic E-state index is 0.0539. The molecule has 0 spiro atoms. The largest absolute Gasteiger partial charge is 0.379 e. The molecule has 0 saturated carbocycles. The molecule has 2 aromatic rings. The molecule has 2 rings (SSSR count). The molecule has 0 aliphatic rings. The Morgan fingerprint density at radius 3 is 2.21 bits per heavy atom. The van der Waals surface area contributed by atoms with Gasteiger partial charge in [-0.2, -0.15) is 0 Å². The van der Waals surface area contributed by atoms with Crippen LogP contribution in [0.4, 0.5) is 0 Å². The summed E-state index contributed by atoms with van der Waals surface area (Å²) < 4.78 is 1.06. The van der Waals surface area contributed by atoms with Gasteiger partial charge in [0, 0.05) is 4.47 Å². The van der Waals surface area contributed by atoms with Crippen LogP contribution in [0.5, 0.6) is 0 Å². The summed E-state index contributed by atoms with van der Waals surface area (Å²) in [6.07, 6.45) is 1.93. The molecule has 0 radical (unpaired) electrons. The van der Waals surface area contributed by atoms with Crippen LogP contribution in [0.3, 0.4) is 0 Å². The summed E-state index contributed by atoms with van der Waals surface area (Å²) in [5, 5.41) is 0.594. The lowest BCUT2D eigenvalue weighted by atomic mass is 9.99. The van der Waals surface area contributed by atoms with E-state index >= 15 is 0 Å². The average Bonchev–Trinajstić information content (AvgIpc) is 2.46. The van der Waals surface area contributed by atoms with E-state index in [9.17, 15) is 0 Å². The van der Waals surface area contributed by atoms with E-state index in [0.29, 0.717) is 5.17 Å². The van der Waals surface area contributed by atoms with Crippen LogP contribution in [0.25, 0.3) is 0 Å². The van der Waals surface area contributed by atoms with Crippen LogP contribution in [0.15, 0.2) is 64.1 Å². The van der Waals surface area contributed by atoms with Gasteiger partial charge >= 0.3 is 0 Å². The highest BCUT2D eigenvalue weighted by Gasteiger charge is 2.13. The van der Waals surface area contributed by atoms with Crippen molar-refractivity contribution in [2.24, 2.45) is 10.7 Å². The van der Waals surface area contributed by atoms with Crippen molar-refractivity contribution < 1.29 is 0 Å². The van der Waals surface area contributed by atoms with Crippen LogP contribution in [0, 0.1) is 0 Å². The number of amidine groups is 1.